The van der Waals surface area contributed by atoms with Crippen LogP contribution in [0.2, 0.25) is 0 Å². The number of thiol groups is 1. The molecule has 0 saturated heterocycles. The minimum atomic E-state index is -0.447. The van der Waals surface area contributed by atoms with Crippen LogP contribution >= 0.6 is 12.6 Å². The van der Waals surface area contributed by atoms with Gasteiger partial charge in [0.2, 0.25) is 0 Å². The Labute approximate surface area is 268 Å². The van der Waals surface area contributed by atoms with Gasteiger partial charge in [0.15, 0.2) is 5.78 Å². The van der Waals surface area contributed by atoms with Crippen molar-refractivity contribution in [3.63, 3.8) is 0 Å². The number of hydrogen-bond donors (Lipinski definition) is 1. The standard InChI is InChI=1S/C38H32O6S/c1-2-35(39)34-19-18-30(22-36(34)45)29-14-9-15-33(21-29)42-23-26-16-17-31(24-43-37(40)27-10-5-3-6-11-27)32(20-26)25-44-38(41)28-12-7-4-8-13-28/h3-22,45H,2,23-25H2,1H3. The van der Waals surface area contributed by atoms with E-state index in [-0.39, 0.29) is 25.6 Å². The number of carbonyl (C=O) groups is 3. The van der Waals surface area contributed by atoms with Crippen LogP contribution in [0.3, 0.4) is 0 Å². The molecule has 0 atom stereocenters. The van der Waals surface area contributed by atoms with E-state index in [0.717, 1.165) is 22.3 Å². The lowest BCUT2D eigenvalue weighted by Crippen LogP contribution is -2.10. The molecule has 5 aromatic rings. The molecule has 0 unspecified atom stereocenters. The minimum Gasteiger partial charge on any atom is -0.489 e. The Morgan fingerprint density at radius 3 is 1.84 bits per heavy atom. The number of ether oxygens (including phenoxy) is 3. The first-order valence-corrected chi connectivity index (χ1v) is 15.0. The van der Waals surface area contributed by atoms with Gasteiger partial charge in [-0.3, -0.25) is 4.79 Å². The molecule has 0 radical (unpaired) electrons. The summed E-state index contributed by atoms with van der Waals surface area (Å²) in [5.74, 6) is -0.164. The molecule has 0 heterocycles. The van der Waals surface area contributed by atoms with Gasteiger partial charge >= 0.3 is 11.9 Å². The number of Topliss-reactive ketones (excluding diaryl/α,β-unsaturated/α-hetero) is 1. The largest absolute Gasteiger partial charge is 0.489 e. The molecule has 6 nitrogen and oxygen atoms in total. The van der Waals surface area contributed by atoms with Crippen LogP contribution in [0.25, 0.3) is 11.1 Å². The second kappa shape index (κ2) is 15.0. The van der Waals surface area contributed by atoms with Gasteiger partial charge in [0.1, 0.15) is 25.6 Å². The average Bonchev–Trinajstić information content (AvgIpc) is 3.09. The van der Waals surface area contributed by atoms with Crippen molar-refractivity contribution in [2.75, 3.05) is 0 Å². The van der Waals surface area contributed by atoms with Crippen molar-refractivity contribution < 1.29 is 28.6 Å². The summed E-state index contributed by atoms with van der Waals surface area (Å²) in [5.41, 5.74) is 5.65. The number of ketones is 1. The highest BCUT2D eigenvalue weighted by Crippen LogP contribution is 2.28. The summed E-state index contributed by atoms with van der Waals surface area (Å²) in [7, 11) is 0. The van der Waals surface area contributed by atoms with Crippen molar-refractivity contribution in [3.8, 4) is 16.9 Å². The molecule has 0 fully saturated rings. The molecule has 0 amide bonds. The van der Waals surface area contributed by atoms with E-state index in [1.54, 1.807) is 48.5 Å². The van der Waals surface area contributed by atoms with Gasteiger partial charge in [-0.05, 0) is 82.4 Å². The zero-order valence-corrected chi connectivity index (χ0v) is 25.7. The van der Waals surface area contributed by atoms with Crippen molar-refractivity contribution in [2.45, 2.75) is 38.1 Å². The Hall–Kier alpha value is -5.14. The maximum absolute atomic E-state index is 12.7. The molecule has 0 aliphatic carbocycles. The van der Waals surface area contributed by atoms with E-state index < -0.39 is 11.9 Å². The molecular weight excluding hydrogens is 584 g/mol. The van der Waals surface area contributed by atoms with Crippen LogP contribution < -0.4 is 4.74 Å². The second-order valence-corrected chi connectivity index (χ2v) is 10.8. The van der Waals surface area contributed by atoms with Gasteiger partial charge in [-0.2, -0.15) is 0 Å². The fourth-order valence-corrected chi connectivity index (χ4v) is 5.05. The molecule has 5 aromatic carbocycles. The van der Waals surface area contributed by atoms with Crippen LogP contribution in [0.4, 0.5) is 0 Å². The molecule has 0 aliphatic rings. The summed E-state index contributed by atoms with van der Waals surface area (Å²) in [6.07, 6.45) is 0.424. The summed E-state index contributed by atoms with van der Waals surface area (Å²) in [6.45, 7) is 2.11. The zero-order valence-electron chi connectivity index (χ0n) is 24.8. The Balaban J connectivity index is 1.30. The lowest BCUT2D eigenvalue weighted by atomic mass is 10.0. The van der Waals surface area contributed by atoms with E-state index in [1.807, 2.05) is 79.7 Å². The molecule has 0 aliphatic heterocycles. The Bertz CT molecular complexity index is 1800. The van der Waals surface area contributed by atoms with Crippen molar-refractivity contribution in [2.24, 2.45) is 0 Å². The molecule has 5 rings (SSSR count). The van der Waals surface area contributed by atoms with Crippen LogP contribution in [-0.2, 0) is 29.3 Å². The van der Waals surface area contributed by atoms with Crippen molar-refractivity contribution in [1.29, 1.82) is 0 Å². The van der Waals surface area contributed by atoms with E-state index in [4.69, 9.17) is 14.2 Å². The first-order valence-electron chi connectivity index (χ1n) is 14.6. The third-order valence-electron chi connectivity index (χ3n) is 7.20. The van der Waals surface area contributed by atoms with E-state index >= 15 is 0 Å². The van der Waals surface area contributed by atoms with Gasteiger partial charge in [0, 0.05) is 16.9 Å². The van der Waals surface area contributed by atoms with E-state index in [2.05, 4.69) is 12.6 Å². The highest BCUT2D eigenvalue weighted by Gasteiger charge is 2.14. The van der Waals surface area contributed by atoms with Gasteiger partial charge in [-0.25, -0.2) is 9.59 Å². The first-order chi connectivity index (χ1) is 21.9. The van der Waals surface area contributed by atoms with Crippen LogP contribution in [0, 0.1) is 0 Å². The lowest BCUT2D eigenvalue weighted by Gasteiger charge is -2.14. The Kier molecular flexibility index (Phi) is 10.5. The highest BCUT2D eigenvalue weighted by atomic mass is 32.1. The highest BCUT2D eigenvalue weighted by molar-refractivity contribution is 7.80. The smallest absolute Gasteiger partial charge is 0.338 e. The fourth-order valence-electron chi connectivity index (χ4n) is 4.72. The van der Waals surface area contributed by atoms with Gasteiger partial charge in [0.25, 0.3) is 0 Å². The normalized spacial score (nSPS) is 10.6. The first kappa shape index (κ1) is 31.3. The second-order valence-electron chi connectivity index (χ2n) is 10.3. The quantitative estimate of drug-likeness (QED) is 0.0860. The minimum absolute atomic E-state index is 0.00212. The van der Waals surface area contributed by atoms with Crippen molar-refractivity contribution >= 4 is 30.4 Å². The number of carbonyl (C=O) groups excluding carboxylic acids is 3. The van der Waals surface area contributed by atoms with E-state index in [1.165, 1.54) is 0 Å². The molecule has 0 N–H and O–H groups in total. The summed E-state index contributed by atoms with van der Waals surface area (Å²) in [6, 6.07) is 36.5. The third kappa shape index (κ3) is 8.28. The van der Waals surface area contributed by atoms with Crippen LogP contribution in [0.5, 0.6) is 5.75 Å². The molecule has 0 saturated carbocycles. The zero-order chi connectivity index (χ0) is 31.6. The monoisotopic (exact) mass is 616 g/mol. The van der Waals surface area contributed by atoms with Crippen LogP contribution in [0.1, 0.15) is 61.1 Å². The topological polar surface area (TPSA) is 78.9 Å². The molecule has 7 heteroatoms. The summed E-state index contributed by atoms with van der Waals surface area (Å²) >= 11 is 4.53. The fraction of sp³-hybridized carbons (Fsp3) is 0.132. The average molecular weight is 617 g/mol. The van der Waals surface area contributed by atoms with Crippen molar-refractivity contribution in [3.05, 3.63) is 155 Å². The Morgan fingerprint density at radius 2 is 1.22 bits per heavy atom. The van der Waals surface area contributed by atoms with E-state index in [0.29, 0.717) is 39.3 Å². The van der Waals surface area contributed by atoms with Crippen LogP contribution in [0.15, 0.2) is 126 Å². The summed E-state index contributed by atoms with van der Waals surface area (Å²) in [4.78, 5) is 38.0. The Morgan fingerprint density at radius 1 is 0.600 bits per heavy atom. The van der Waals surface area contributed by atoms with Gasteiger partial charge < -0.3 is 14.2 Å². The maximum atomic E-state index is 12.7. The predicted molar refractivity (Wildman–Crippen MR) is 176 cm³/mol. The number of esters is 2. The van der Waals surface area contributed by atoms with Gasteiger partial charge in [-0.1, -0.05) is 73.7 Å². The van der Waals surface area contributed by atoms with Crippen molar-refractivity contribution in [1.82, 2.24) is 0 Å². The SMILES string of the molecule is CCC(=O)c1ccc(-c2cccc(OCc3ccc(COC(=O)c4ccccc4)c(COC(=O)c4ccccc4)c3)c2)cc1S. The molecule has 226 valence electrons. The summed E-state index contributed by atoms with van der Waals surface area (Å²) < 4.78 is 17.3. The molecule has 0 spiro atoms. The molecule has 0 bridgehead atoms. The van der Waals surface area contributed by atoms with Crippen LogP contribution in [-0.4, -0.2) is 17.7 Å². The predicted octanol–water partition coefficient (Wildman–Crippen LogP) is 8.53. The lowest BCUT2D eigenvalue weighted by molar-refractivity contribution is 0.0435. The molecule has 45 heavy (non-hydrogen) atoms. The van der Waals surface area contributed by atoms with Gasteiger partial charge in [-0.15, -0.1) is 12.6 Å². The molecule has 0 aromatic heterocycles. The number of rotatable bonds is 12. The van der Waals surface area contributed by atoms with E-state index in [9.17, 15) is 14.4 Å². The molecular formula is C38H32O6S. The number of hydrogen-bond acceptors (Lipinski definition) is 7. The third-order valence-corrected chi connectivity index (χ3v) is 7.57. The summed E-state index contributed by atoms with van der Waals surface area (Å²) in [5, 5.41) is 0. The number of benzene rings is 5. The maximum Gasteiger partial charge on any atom is 0.338 e. The van der Waals surface area contributed by atoms with Gasteiger partial charge in [0.05, 0.1) is 11.1 Å².